The van der Waals surface area contributed by atoms with Crippen molar-refractivity contribution in [2.24, 2.45) is 5.92 Å². The van der Waals surface area contributed by atoms with Crippen molar-refractivity contribution in [2.45, 2.75) is 39.5 Å². The molecular formula is C17H27N2O+. The molecule has 3 heteroatoms. The third-order valence-electron chi connectivity index (χ3n) is 4.14. The molecular weight excluding hydrogens is 248 g/mol. The molecule has 0 saturated carbocycles. The van der Waals surface area contributed by atoms with Crippen LogP contribution in [0.4, 0.5) is 5.69 Å². The Kier molecular flexibility index (Phi) is 5.18. The van der Waals surface area contributed by atoms with E-state index in [2.05, 4.69) is 38.2 Å². The summed E-state index contributed by atoms with van der Waals surface area (Å²) in [6, 6.07) is 8.19. The van der Waals surface area contributed by atoms with E-state index in [9.17, 15) is 4.79 Å². The monoisotopic (exact) mass is 275 g/mol. The highest BCUT2D eigenvalue weighted by Crippen LogP contribution is 2.16. The zero-order valence-electron chi connectivity index (χ0n) is 12.9. The summed E-state index contributed by atoms with van der Waals surface area (Å²) in [4.78, 5) is 13.5. The van der Waals surface area contributed by atoms with Crippen LogP contribution in [0.25, 0.3) is 0 Å². The van der Waals surface area contributed by atoms with Gasteiger partial charge >= 0.3 is 0 Å². The number of hydrogen-bond donors (Lipinski definition) is 2. The molecule has 1 fully saturated rings. The zero-order valence-corrected chi connectivity index (χ0v) is 12.9. The molecule has 0 radical (unpaired) electrons. The molecule has 1 aliphatic rings. The van der Waals surface area contributed by atoms with Gasteiger partial charge in [-0.15, -0.1) is 0 Å². The van der Waals surface area contributed by atoms with Gasteiger partial charge in [0.1, 0.15) is 0 Å². The highest BCUT2D eigenvalue weighted by Gasteiger charge is 2.21. The highest BCUT2D eigenvalue weighted by atomic mass is 16.2. The SMILES string of the molecule is CC(C)c1ccc(NC(=O)C[NH+]2CCC[C@H](C)C2)cc1. The van der Waals surface area contributed by atoms with Crippen molar-refractivity contribution in [1.82, 2.24) is 0 Å². The van der Waals surface area contributed by atoms with Gasteiger partial charge in [0.2, 0.25) is 0 Å². The minimum atomic E-state index is 0.131. The van der Waals surface area contributed by atoms with Crippen LogP contribution in [0.2, 0.25) is 0 Å². The molecule has 20 heavy (non-hydrogen) atoms. The molecule has 0 aliphatic carbocycles. The molecule has 2 rings (SSSR count). The third-order valence-corrected chi connectivity index (χ3v) is 4.14. The molecule has 0 spiro atoms. The average Bonchev–Trinajstić information content (AvgIpc) is 2.39. The number of rotatable bonds is 4. The van der Waals surface area contributed by atoms with Crippen LogP contribution in [0.3, 0.4) is 0 Å². The van der Waals surface area contributed by atoms with Gasteiger partial charge in [0.25, 0.3) is 5.91 Å². The predicted octanol–water partition coefficient (Wildman–Crippen LogP) is 2.06. The molecule has 1 heterocycles. The average molecular weight is 275 g/mol. The zero-order chi connectivity index (χ0) is 14.5. The first-order valence-corrected chi connectivity index (χ1v) is 7.78. The maximum absolute atomic E-state index is 12.1. The molecule has 1 saturated heterocycles. The van der Waals surface area contributed by atoms with Gasteiger partial charge in [-0.05, 0) is 36.5 Å². The summed E-state index contributed by atoms with van der Waals surface area (Å²) in [6.07, 6.45) is 2.55. The molecule has 3 nitrogen and oxygen atoms in total. The van der Waals surface area contributed by atoms with Gasteiger partial charge in [-0.3, -0.25) is 4.79 Å². The summed E-state index contributed by atoms with van der Waals surface area (Å²) in [5, 5.41) is 3.01. The summed E-state index contributed by atoms with van der Waals surface area (Å²) >= 11 is 0. The lowest BCUT2D eigenvalue weighted by Crippen LogP contribution is -3.14. The normalized spacial score (nSPS) is 22.8. The summed E-state index contributed by atoms with van der Waals surface area (Å²) in [7, 11) is 0. The van der Waals surface area contributed by atoms with Gasteiger partial charge in [-0.2, -0.15) is 0 Å². The third kappa shape index (κ3) is 4.34. The second kappa shape index (κ2) is 6.89. The molecule has 1 unspecified atom stereocenters. The smallest absolute Gasteiger partial charge is 0.279 e. The van der Waals surface area contributed by atoms with Crippen LogP contribution in [0, 0.1) is 5.92 Å². The number of quaternary nitrogens is 1. The van der Waals surface area contributed by atoms with Gasteiger partial charge in [-0.1, -0.05) is 32.9 Å². The second-order valence-electron chi connectivity index (χ2n) is 6.45. The highest BCUT2D eigenvalue weighted by molar-refractivity contribution is 5.91. The van der Waals surface area contributed by atoms with E-state index in [1.807, 2.05) is 12.1 Å². The van der Waals surface area contributed by atoms with Crippen LogP contribution < -0.4 is 10.2 Å². The summed E-state index contributed by atoms with van der Waals surface area (Å²) in [5.74, 6) is 1.40. The largest absolute Gasteiger partial charge is 0.327 e. The number of benzene rings is 1. The van der Waals surface area contributed by atoms with E-state index >= 15 is 0 Å². The van der Waals surface area contributed by atoms with E-state index in [0.717, 1.165) is 24.7 Å². The fourth-order valence-electron chi connectivity index (χ4n) is 2.94. The van der Waals surface area contributed by atoms with E-state index in [-0.39, 0.29) is 5.91 Å². The van der Waals surface area contributed by atoms with Gasteiger partial charge in [0.05, 0.1) is 13.1 Å². The number of amides is 1. The molecule has 0 aromatic heterocycles. The molecule has 2 N–H and O–H groups in total. The molecule has 2 atom stereocenters. The van der Waals surface area contributed by atoms with E-state index in [1.165, 1.54) is 23.3 Å². The number of hydrogen-bond acceptors (Lipinski definition) is 1. The second-order valence-corrected chi connectivity index (χ2v) is 6.45. The number of likely N-dealkylation sites (tertiary alicyclic amines) is 1. The molecule has 1 aliphatic heterocycles. The number of anilines is 1. The van der Waals surface area contributed by atoms with E-state index < -0.39 is 0 Å². The van der Waals surface area contributed by atoms with Crippen molar-refractivity contribution in [2.75, 3.05) is 25.0 Å². The number of carbonyl (C=O) groups is 1. The fraction of sp³-hybridized carbons (Fsp3) is 0.588. The first-order chi connectivity index (χ1) is 9.54. The Bertz CT molecular complexity index is 439. The van der Waals surface area contributed by atoms with E-state index in [4.69, 9.17) is 0 Å². The van der Waals surface area contributed by atoms with Gasteiger partial charge in [0.15, 0.2) is 6.54 Å². The van der Waals surface area contributed by atoms with Crippen LogP contribution in [0.1, 0.15) is 45.1 Å². The Labute approximate surface area is 122 Å². The standard InChI is InChI=1S/C17H26N2O/c1-13(2)15-6-8-16(9-7-15)18-17(20)12-19-10-4-5-14(3)11-19/h6-9,13-14H,4-5,10-12H2,1-3H3,(H,18,20)/p+1/t14-/m0/s1. The van der Waals surface area contributed by atoms with Crippen LogP contribution in [0.5, 0.6) is 0 Å². The van der Waals surface area contributed by atoms with Crippen molar-refractivity contribution in [3.63, 3.8) is 0 Å². The van der Waals surface area contributed by atoms with Crippen LogP contribution in [-0.4, -0.2) is 25.5 Å². The number of piperidine rings is 1. The Balaban J connectivity index is 1.84. The van der Waals surface area contributed by atoms with Crippen LogP contribution in [-0.2, 0) is 4.79 Å². The van der Waals surface area contributed by atoms with Crippen molar-refractivity contribution < 1.29 is 9.69 Å². The summed E-state index contributed by atoms with van der Waals surface area (Å²) < 4.78 is 0. The van der Waals surface area contributed by atoms with Crippen molar-refractivity contribution >= 4 is 11.6 Å². The lowest BCUT2D eigenvalue weighted by atomic mass is 10.0. The van der Waals surface area contributed by atoms with Crippen molar-refractivity contribution in [1.29, 1.82) is 0 Å². The maximum atomic E-state index is 12.1. The summed E-state index contributed by atoms with van der Waals surface area (Å²) in [6.45, 7) is 9.48. The number of carbonyl (C=O) groups excluding carboxylic acids is 1. The summed E-state index contributed by atoms with van der Waals surface area (Å²) in [5.41, 5.74) is 2.21. The first-order valence-electron chi connectivity index (χ1n) is 7.78. The van der Waals surface area contributed by atoms with Gasteiger partial charge in [-0.25, -0.2) is 0 Å². The van der Waals surface area contributed by atoms with Crippen LogP contribution >= 0.6 is 0 Å². The minimum absolute atomic E-state index is 0.131. The Morgan fingerprint density at radius 1 is 1.35 bits per heavy atom. The fourth-order valence-corrected chi connectivity index (χ4v) is 2.94. The Hall–Kier alpha value is -1.35. The lowest BCUT2D eigenvalue weighted by Gasteiger charge is -2.27. The quantitative estimate of drug-likeness (QED) is 0.866. The predicted molar refractivity (Wildman–Crippen MR) is 83.1 cm³/mol. The van der Waals surface area contributed by atoms with Crippen molar-refractivity contribution in [3.05, 3.63) is 29.8 Å². The Morgan fingerprint density at radius 2 is 2.05 bits per heavy atom. The topological polar surface area (TPSA) is 33.5 Å². The molecule has 1 aromatic carbocycles. The lowest BCUT2D eigenvalue weighted by molar-refractivity contribution is -0.900. The molecule has 1 aromatic rings. The molecule has 1 amide bonds. The minimum Gasteiger partial charge on any atom is -0.327 e. The van der Waals surface area contributed by atoms with E-state index in [0.29, 0.717) is 12.5 Å². The first kappa shape index (κ1) is 15.0. The van der Waals surface area contributed by atoms with Crippen LogP contribution in [0.15, 0.2) is 24.3 Å². The number of nitrogens with one attached hydrogen (secondary N) is 2. The Morgan fingerprint density at radius 3 is 2.65 bits per heavy atom. The maximum Gasteiger partial charge on any atom is 0.279 e. The van der Waals surface area contributed by atoms with Gasteiger partial charge < -0.3 is 10.2 Å². The molecule has 0 bridgehead atoms. The van der Waals surface area contributed by atoms with Gasteiger partial charge in [0, 0.05) is 11.6 Å². The van der Waals surface area contributed by atoms with Crippen molar-refractivity contribution in [3.8, 4) is 0 Å². The van der Waals surface area contributed by atoms with E-state index in [1.54, 1.807) is 0 Å². The molecule has 110 valence electrons.